The van der Waals surface area contributed by atoms with Crippen LogP contribution in [0.15, 0.2) is 83.1 Å². The zero-order valence-corrected chi connectivity index (χ0v) is 12.9. The molecule has 1 aliphatic rings. The van der Waals surface area contributed by atoms with E-state index in [4.69, 9.17) is 11.6 Å². The minimum Gasteiger partial charge on any atom is -0.506 e. The zero-order chi connectivity index (χ0) is 16.3. The highest BCUT2D eigenvalue weighted by atomic mass is 35.5. The third kappa shape index (κ3) is 3.33. The molecule has 1 aliphatic carbocycles. The summed E-state index contributed by atoms with van der Waals surface area (Å²) in [7, 11) is 0. The Hall–Kier alpha value is -2.43. The van der Waals surface area contributed by atoms with Gasteiger partial charge in [-0.3, -0.25) is 0 Å². The van der Waals surface area contributed by atoms with E-state index in [9.17, 15) is 10.2 Å². The normalized spacial score (nSPS) is 23.9. The Kier molecular flexibility index (Phi) is 4.28. The summed E-state index contributed by atoms with van der Waals surface area (Å²) >= 11 is 6.45. The van der Waals surface area contributed by atoms with Gasteiger partial charge in [-0.1, -0.05) is 66.2 Å². The van der Waals surface area contributed by atoms with E-state index in [-0.39, 0.29) is 5.75 Å². The summed E-state index contributed by atoms with van der Waals surface area (Å²) in [5.74, 6) is 0.00428. The van der Waals surface area contributed by atoms with Crippen LogP contribution in [-0.2, 0) is 0 Å². The maximum atomic E-state index is 10.2. The fourth-order valence-corrected chi connectivity index (χ4v) is 2.49. The van der Waals surface area contributed by atoms with E-state index in [1.165, 1.54) is 6.07 Å². The molecule has 5 heteroatoms. The molecule has 23 heavy (non-hydrogen) atoms. The van der Waals surface area contributed by atoms with Crippen LogP contribution in [0.2, 0.25) is 0 Å². The van der Waals surface area contributed by atoms with Crippen molar-refractivity contribution in [3.05, 3.63) is 78.4 Å². The first-order valence-corrected chi connectivity index (χ1v) is 7.51. The molecular formula is C18H15ClN2O2. The number of benzene rings is 2. The van der Waals surface area contributed by atoms with Gasteiger partial charge in [-0.2, -0.15) is 5.11 Å². The van der Waals surface area contributed by atoms with Gasteiger partial charge in [0, 0.05) is 0 Å². The molecule has 0 aromatic heterocycles. The summed E-state index contributed by atoms with van der Waals surface area (Å²) in [6, 6.07) is 16.2. The molecule has 0 spiro atoms. The minimum atomic E-state index is -1.41. The first kappa shape index (κ1) is 15.5. The Morgan fingerprint density at radius 2 is 1.70 bits per heavy atom. The largest absolute Gasteiger partial charge is 0.506 e. The van der Waals surface area contributed by atoms with E-state index in [1.54, 1.807) is 36.4 Å². The Balaban J connectivity index is 1.94. The molecule has 4 nitrogen and oxygen atoms in total. The fourth-order valence-electron chi connectivity index (χ4n) is 2.26. The van der Waals surface area contributed by atoms with E-state index in [1.807, 2.05) is 30.3 Å². The van der Waals surface area contributed by atoms with Crippen LogP contribution in [0.5, 0.6) is 5.75 Å². The first-order valence-electron chi connectivity index (χ1n) is 7.13. The molecule has 0 aliphatic heterocycles. The second-order valence-electron chi connectivity index (χ2n) is 5.19. The highest BCUT2D eigenvalue weighted by Crippen LogP contribution is 2.36. The summed E-state index contributed by atoms with van der Waals surface area (Å²) in [4.78, 5) is -1.41. The smallest absolute Gasteiger partial charge is 0.203 e. The predicted molar refractivity (Wildman–Crippen MR) is 90.8 cm³/mol. The number of rotatable bonds is 3. The van der Waals surface area contributed by atoms with Crippen LogP contribution in [0.1, 0.15) is 5.56 Å². The molecule has 3 rings (SSSR count). The van der Waals surface area contributed by atoms with Gasteiger partial charge in [0.1, 0.15) is 17.5 Å². The number of halogens is 1. The average molecular weight is 327 g/mol. The number of hydrogen-bond acceptors (Lipinski definition) is 4. The topological polar surface area (TPSA) is 65.2 Å². The van der Waals surface area contributed by atoms with Crippen LogP contribution in [0.3, 0.4) is 0 Å². The van der Waals surface area contributed by atoms with Crippen molar-refractivity contribution in [2.45, 2.75) is 11.1 Å². The van der Waals surface area contributed by atoms with Crippen LogP contribution in [-0.4, -0.2) is 21.3 Å². The van der Waals surface area contributed by atoms with Crippen LogP contribution < -0.4 is 0 Å². The molecule has 0 heterocycles. The number of alkyl halides is 1. The van der Waals surface area contributed by atoms with Crippen molar-refractivity contribution in [3.63, 3.8) is 0 Å². The van der Waals surface area contributed by atoms with Crippen molar-refractivity contribution < 1.29 is 10.2 Å². The monoisotopic (exact) mass is 326 g/mol. The van der Waals surface area contributed by atoms with Crippen molar-refractivity contribution in [2.75, 3.05) is 0 Å². The number of aromatic hydroxyl groups is 1. The maximum absolute atomic E-state index is 10.2. The van der Waals surface area contributed by atoms with E-state index >= 15 is 0 Å². The molecule has 2 aromatic carbocycles. The van der Waals surface area contributed by atoms with Crippen molar-refractivity contribution in [1.82, 2.24) is 0 Å². The van der Waals surface area contributed by atoms with Gasteiger partial charge in [-0.15, -0.1) is 5.11 Å². The number of aliphatic hydroxyl groups is 1. The molecular weight excluding hydrogens is 312 g/mol. The number of para-hydroxylation sites is 1. The Morgan fingerprint density at radius 1 is 1.00 bits per heavy atom. The van der Waals surface area contributed by atoms with Crippen molar-refractivity contribution in [1.29, 1.82) is 0 Å². The van der Waals surface area contributed by atoms with Gasteiger partial charge in [0.15, 0.2) is 0 Å². The molecule has 2 aromatic rings. The zero-order valence-electron chi connectivity index (χ0n) is 12.2. The molecule has 0 fully saturated rings. The number of allylic oxidation sites excluding steroid dienone is 2. The van der Waals surface area contributed by atoms with E-state index in [2.05, 4.69) is 10.2 Å². The fraction of sp³-hybridized carbons (Fsp3) is 0.111. The molecule has 0 unspecified atom stereocenters. The molecule has 0 saturated carbocycles. The summed E-state index contributed by atoms with van der Waals surface area (Å²) in [5, 5.41) is 27.9. The van der Waals surface area contributed by atoms with Crippen molar-refractivity contribution >= 4 is 22.9 Å². The summed E-state index contributed by atoms with van der Waals surface area (Å²) in [5.41, 5.74) is 2.12. The number of phenols is 1. The van der Waals surface area contributed by atoms with Gasteiger partial charge in [0.25, 0.3) is 0 Å². The second kappa shape index (κ2) is 6.36. The molecule has 0 amide bonds. The third-order valence-electron chi connectivity index (χ3n) is 3.53. The first-order chi connectivity index (χ1) is 11.1. The molecule has 116 valence electrons. The van der Waals surface area contributed by atoms with Crippen LogP contribution in [0, 0.1) is 0 Å². The van der Waals surface area contributed by atoms with E-state index in [0.29, 0.717) is 5.69 Å². The van der Waals surface area contributed by atoms with Crippen LogP contribution in [0.25, 0.3) is 5.57 Å². The molecule has 0 saturated heterocycles. The van der Waals surface area contributed by atoms with Gasteiger partial charge in [-0.25, -0.2) is 0 Å². The van der Waals surface area contributed by atoms with Crippen molar-refractivity contribution in [2.24, 2.45) is 10.2 Å². The molecule has 0 bridgehead atoms. The molecule has 2 N–H and O–H groups in total. The lowest BCUT2D eigenvalue weighted by Crippen LogP contribution is -2.33. The number of phenolic OH excluding ortho intramolecular Hbond substituents is 1. The van der Waals surface area contributed by atoms with Crippen LogP contribution in [0.4, 0.5) is 5.69 Å². The molecule has 0 radical (unpaired) electrons. The highest BCUT2D eigenvalue weighted by molar-refractivity contribution is 6.26. The number of aliphatic hydroxyl groups excluding tert-OH is 1. The highest BCUT2D eigenvalue weighted by Gasteiger charge is 2.35. The quantitative estimate of drug-likeness (QED) is 0.498. The lowest BCUT2D eigenvalue weighted by Gasteiger charge is -2.26. The lowest BCUT2D eigenvalue weighted by molar-refractivity contribution is 0.189. The maximum Gasteiger partial charge on any atom is 0.203 e. The standard InChI is InChI=1S/C18H15ClN2O2/c19-18(21-20-15-8-4-5-9-16(15)22)12-14(10-11-17(18)23)13-6-2-1-3-7-13/h1-12,17,22-23H/t17-,18+/m0/s1. The Morgan fingerprint density at radius 3 is 2.43 bits per heavy atom. The van der Waals surface area contributed by atoms with Gasteiger partial charge >= 0.3 is 0 Å². The number of nitrogens with zero attached hydrogens (tertiary/aromatic N) is 2. The minimum absolute atomic E-state index is 0.00428. The lowest BCUT2D eigenvalue weighted by atomic mass is 9.95. The van der Waals surface area contributed by atoms with Gasteiger partial charge in [-0.05, 0) is 29.3 Å². The van der Waals surface area contributed by atoms with Gasteiger partial charge in [0.05, 0.1) is 0 Å². The Labute approximate surface area is 139 Å². The third-order valence-corrected chi connectivity index (χ3v) is 3.94. The second-order valence-corrected chi connectivity index (χ2v) is 5.79. The molecule has 2 atom stereocenters. The number of hydrogen-bond donors (Lipinski definition) is 2. The van der Waals surface area contributed by atoms with Gasteiger partial charge < -0.3 is 10.2 Å². The van der Waals surface area contributed by atoms with E-state index in [0.717, 1.165) is 11.1 Å². The Bertz CT molecular complexity index is 787. The van der Waals surface area contributed by atoms with Crippen molar-refractivity contribution in [3.8, 4) is 5.75 Å². The summed E-state index contributed by atoms with van der Waals surface area (Å²) in [6.45, 7) is 0. The summed E-state index contributed by atoms with van der Waals surface area (Å²) < 4.78 is 0. The van der Waals surface area contributed by atoms with Crippen LogP contribution >= 0.6 is 11.6 Å². The number of azo groups is 1. The van der Waals surface area contributed by atoms with Gasteiger partial charge in [0.2, 0.25) is 5.00 Å². The SMILES string of the molecule is Oc1ccccc1N=N[C@]1(Cl)C=C(c2ccccc2)C=C[C@@H]1O. The average Bonchev–Trinajstić information content (AvgIpc) is 2.58. The van der Waals surface area contributed by atoms with E-state index < -0.39 is 11.1 Å². The predicted octanol–water partition coefficient (Wildman–Crippen LogP) is 4.43. The summed E-state index contributed by atoms with van der Waals surface area (Å²) in [6.07, 6.45) is 4.04.